The van der Waals surface area contributed by atoms with Crippen LogP contribution in [0.3, 0.4) is 0 Å². The molecule has 0 saturated heterocycles. The first-order valence-corrected chi connectivity index (χ1v) is 5.65. The van der Waals surface area contributed by atoms with Gasteiger partial charge in [-0.1, -0.05) is 0 Å². The zero-order valence-corrected chi connectivity index (χ0v) is 11.0. The van der Waals surface area contributed by atoms with Gasteiger partial charge >= 0.3 is 5.97 Å². The van der Waals surface area contributed by atoms with Crippen LogP contribution in [0, 0.1) is 13.0 Å². The summed E-state index contributed by atoms with van der Waals surface area (Å²) < 4.78 is 14.1. The molecule has 0 saturated carbocycles. The Labute approximate surface area is 107 Å². The van der Waals surface area contributed by atoms with E-state index in [9.17, 15) is 14.3 Å². The summed E-state index contributed by atoms with van der Waals surface area (Å²) in [4.78, 5) is 10.5. The molecule has 2 N–H and O–H groups in total. The predicted molar refractivity (Wildman–Crippen MR) is 64.4 cm³/mol. The third kappa shape index (κ3) is 2.34. The van der Waals surface area contributed by atoms with Crippen LogP contribution in [0.2, 0.25) is 0 Å². The van der Waals surface area contributed by atoms with Crippen LogP contribution in [0.15, 0.2) is 12.1 Å². The summed E-state index contributed by atoms with van der Waals surface area (Å²) in [6.07, 6.45) is -1.81. The largest absolute Gasteiger partial charge is 0.479 e. The Kier molecular flexibility index (Phi) is 4.07. The summed E-state index contributed by atoms with van der Waals surface area (Å²) in [5.74, 6) is -2.13. The SMILES string of the molecule is O=C(O)C(O)c1c(I)ccc(I)c1F. The molecule has 0 aliphatic carbocycles. The fraction of sp³-hybridized carbons (Fsp3) is 0.125. The van der Waals surface area contributed by atoms with Crippen molar-refractivity contribution in [3.05, 3.63) is 30.7 Å². The van der Waals surface area contributed by atoms with E-state index in [0.29, 0.717) is 7.14 Å². The first-order valence-electron chi connectivity index (χ1n) is 3.49. The Hall–Kier alpha value is 0.0400. The summed E-state index contributed by atoms with van der Waals surface area (Å²) in [5, 5.41) is 17.8. The van der Waals surface area contributed by atoms with Crippen molar-refractivity contribution in [1.82, 2.24) is 0 Å². The number of aliphatic hydroxyl groups excluding tert-OH is 1. The van der Waals surface area contributed by atoms with Gasteiger partial charge in [-0.05, 0) is 57.3 Å². The Morgan fingerprint density at radius 2 is 1.86 bits per heavy atom. The molecular weight excluding hydrogens is 417 g/mol. The van der Waals surface area contributed by atoms with E-state index in [-0.39, 0.29) is 5.56 Å². The topological polar surface area (TPSA) is 57.5 Å². The number of benzene rings is 1. The minimum Gasteiger partial charge on any atom is -0.479 e. The van der Waals surface area contributed by atoms with Crippen molar-refractivity contribution >= 4 is 51.2 Å². The smallest absolute Gasteiger partial charge is 0.337 e. The van der Waals surface area contributed by atoms with Crippen LogP contribution >= 0.6 is 45.2 Å². The number of halogens is 3. The van der Waals surface area contributed by atoms with Crippen LogP contribution in [-0.2, 0) is 4.79 Å². The van der Waals surface area contributed by atoms with E-state index in [1.54, 1.807) is 51.2 Å². The zero-order valence-electron chi connectivity index (χ0n) is 6.67. The molecule has 14 heavy (non-hydrogen) atoms. The maximum absolute atomic E-state index is 13.4. The molecule has 1 atom stereocenters. The Balaban J connectivity index is 3.32. The fourth-order valence-corrected chi connectivity index (χ4v) is 2.10. The number of carbonyl (C=O) groups is 1. The monoisotopic (exact) mass is 422 g/mol. The molecule has 0 spiro atoms. The standard InChI is InChI=1S/C8H5FI2O3/c9-6-4(11)2-1-3(10)5(6)7(12)8(13)14/h1-2,7,12H,(H,13,14). The Morgan fingerprint density at radius 3 is 2.36 bits per heavy atom. The Morgan fingerprint density at radius 1 is 1.36 bits per heavy atom. The molecule has 0 fully saturated rings. The molecule has 1 rings (SSSR count). The minimum absolute atomic E-state index is 0.176. The van der Waals surface area contributed by atoms with Gasteiger partial charge in [-0.2, -0.15) is 0 Å². The lowest BCUT2D eigenvalue weighted by Crippen LogP contribution is -2.14. The lowest BCUT2D eigenvalue weighted by molar-refractivity contribution is -0.147. The van der Waals surface area contributed by atoms with Crippen LogP contribution in [0.1, 0.15) is 11.7 Å². The van der Waals surface area contributed by atoms with Crippen LogP contribution in [0.4, 0.5) is 4.39 Å². The second kappa shape index (κ2) is 4.71. The number of aliphatic hydroxyl groups is 1. The lowest BCUT2D eigenvalue weighted by Gasteiger charge is -2.10. The first-order chi connectivity index (χ1) is 6.45. The molecule has 0 amide bonds. The van der Waals surface area contributed by atoms with E-state index in [4.69, 9.17) is 5.11 Å². The Bertz CT molecular complexity index is 381. The van der Waals surface area contributed by atoms with Crippen molar-refractivity contribution in [2.75, 3.05) is 0 Å². The quantitative estimate of drug-likeness (QED) is 0.568. The highest BCUT2D eigenvalue weighted by Crippen LogP contribution is 2.26. The van der Waals surface area contributed by atoms with E-state index in [0.717, 1.165) is 0 Å². The lowest BCUT2D eigenvalue weighted by atomic mass is 10.1. The number of carboxylic acid groups (broad SMARTS) is 1. The maximum Gasteiger partial charge on any atom is 0.337 e. The molecule has 6 heteroatoms. The van der Waals surface area contributed by atoms with Crippen LogP contribution in [0.25, 0.3) is 0 Å². The molecule has 1 aromatic rings. The first kappa shape index (κ1) is 12.1. The fourth-order valence-electron chi connectivity index (χ4n) is 0.917. The summed E-state index contributed by atoms with van der Waals surface area (Å²) in [5.41, 5.74) is -0.176. The number of aliphatic carboxylic acids is 1. The van der Waals surface area contributed by atoms with Gasteiger partial charge < -0.3 is 10.2 Å². The average Bonchev–Trinajstić information content (AvgIpc) is 2.12. The minimum atomic E-state index is -1.81. The van der Waals surface area contributed by atoms with E-state index in [1.165, 1.54) is 6.07 Å². The van der Waals surface area contributed by atoms with E-state index >= 15 is 0 Å². The van der Waals surface area contributed by atoms with Crippen LogP contribution in [-0.4, -0.2) is 16.2 Å². The van der Waals surface area contributed by atoms with Gasteiger partial charge in [-0.15, -0.1) is 0 Å². The van der Waals surface area contributed by atoms with Crippen molar-refractivity contribution in [2.24, 2.45) is 0 Å². The van der Waals surface area contributed by atoms with Gasteiger partial charge in [0.2, 0.25) is 0 Å². The van der Waals surface area contributed by atoms with E-state index < -0.39 is 17.9 Å². The van der Waals surface area contributed by atoms with Crippen molar-refractivity contribution in [1.29, 1.82) is 0 Å². The van der Waals surface area contributed by atoms with Crippen molar-refractivity contribution in [3.8, 4) is 0 Å². The normalized spacial score (nSPS) is 12.6. The number of hydrogen-bond acceptors (Lipinski definition) is 2. The molecule has 0 aliphatic heterocycles. The highest BCUT2D eigenvalue weighted by Gasteiger charge is 2.24. The van der Waals surface area contributed by atoms with E-state index in [2.05, 4.69) is 0 Å². The third-order valence-corrected chi connectivity index (χ3v) is 3.36. The third-order valence-electron chi connectivity index (χ3n) is 1.59. The van der Waals surface area contributed by atoms with Gasteiger partial charge in [0.1, 0.15) is 5.82 Å². The predicted octanol–water partition coefficient (Wildman–Crippen LogP) is 2.15. The second-order valence-electron chi connectivity index (χ2n) is 2.50. The van der Waals surface area contributed by atoms with Gasteiger partial charge in [-0.3, -0.25) is 0 Å². The van der Waals surface area contributed by atoms with Gasteiger partial charge in [0.15, 0.2) is 6.10 Å². The molecule has 0 heterocycles. The van der Waals surface area contributed by atoms with E-state index in [1.807, 2.05) is 0 Å². The van der Waals surface area contributed by atoms with Crippen LogP contribution < -0.4 is 0 Å². The number of hydrogen-bond donors (Lipinski definition) is 2. The molecule has 0 bridgehead atoms. The molecule has 1 unspecified atom stereocenters. The second-order valence-corrected chi connectivity index (χ2v) is 4.82. The molecule has 0 aromatic heterocycles. The van der Waals surface area contributed by atoms with Gasteiger partial charge in [0.25, 0.3) is 0 Å². The maximum atomic E-state index is 13.4. The molecule has 0 aliphatic rings. The van der Waals surface area contributed by atoms with Gasteiger partial charge in [-0.25, -0.2) is 9.18 Å². The highest BCUT2D eigenvalue weighted by molar-refractivity contribution is 14.1. The van der Waals surface area contributed by atoms with Crippen molar-refractivity contribution in [3.63, 3.8) is 0 Å². The zero-order chi connectivity index (χ0) is 10.9. The van der Waals surface area contributed by atoms with Gasteiger partial charge in [0, 0.05) is 12.7 Å². The molecule has 0 radical (unpaired) electrons. The molecule has 1 aromatic carbocycles. The van der Waals surface area contributed by atoms with Crippen LogP contribution in [0.5, 0.6) is 0 Å². The number of rotatable bonds is 2. The summed E-state index contributed by atoms with van der Waals surface area (Å²) >= 11 is 3.53. The number of carboxylic acids is 1. The molecule has 76 valence electrons. The molecular formula is C8H5FI2O3. The van der Waals surface area contributed by atoms with Gasteiger partial charge in [0.05, 0.1) is 0 Å². The van der Waals surface area contributed by atoms with Crippen molar-refractivity contribution < 1.29 is 19.4 Å². The summed E-state index contributed by atoms with van der Waals surface area (Å²) in [7, 11) is 0. The summed E-state index contributed by atoms with van der Waals surface area (Å²) in [6, 6.07) is 3.09. The highest BCUT2D eigenvalue weighted by atomic mass is 127. The average molecular weight is 422 g/mol. The summed E-state index contributed by atoms with van der Waals surface area (Å²) in [6.45, 7) is 0. The van der Waals surface area contributed by atoms with Crippen molar-refractivity contribution in [2.45, 2.75) is 6.10 Å². The molecule has 3 nitrogen and oxygen atoms in total.